The minimum Gasteiger partial charge on any atom is -0.457 e. The Hall–Kier alpha value is -1.51. The third-order valence-corrected chi connectivity index (χ3v) is 3.95. The standard InChI is InChI=1S/C18H22ClNO/c1-4-15(20)10-14-7-8-16(11-17(14)19)21-18-9-12(2)5-6-13(18)3/h5-9,11,15H,4,10,20H2,1-3H3. The lowest BCUT2D eigenvalue weighted by atomic mass is 10.0. The number of benzene rings is 2. The fourth-order valence-electron chi connectivity index (χ4n) is 2.13. The molecule has 1 unspecified atom stereocenters. The number of halogens is 1. The van der Waals surface area contributed by atoms with E-state index in [0.717, 1.165) is 35.5 Å². The van der Waals surface area contributed by atoms with Crippen molar-refractivity contribution in [1.82, 2.24) is 0 Å². The Kier molecular flexibility index (Phi) is 5.27. The third kappa shape index (κ3) is 4.23. The number of ether oxygens (including phenoxy) is 1. The smallest absolute Gasteiger partial charge is 0.130 e. The number of hydrogen-bond donors (Lipinski definition) is 1. The van der Waals surface area contributed by atoms with Gasteiger partial charge < -0.3 is 10.5 Å². The highest BCUT2D eigenvalue weighted by molar-refractivity contribution is 6.31. The van der Waals surface area contributed by atoms with Crippen LogP contribution in [-0.4, -0.2) is 6.04 Å². The molecule has 0 aromatic heterocycles. The van der Waals surface area contributed by atoms with E-state index < -0.39 is 0 Å². The van der Waals surface area contributed by atoms with Crippen molar-refractivity contribution in [2.24, 2.45) is 5.73 Å². The molecule has 3 heteroatoms. The van der Waals surface area contributed by atoms with Gasteiger partial charge in [0.15, 0.2) is 0 Å². The Morgan fingerprint density at radius 2 is 1.90 bits per heavy atom. The van der Waals surface area contributed by atoms with Crippen molar-refractivity contribution in [2.75, 3.05) is 0 Å². The molecule has 2 N–H and O–H groups in total. The molecule has 0 radical (unpaired) electrons. The summed E-state index contributed by atoms with van der Waals surface area (Å²) in [6, 6.07) is 12.1. The first-order chi connectivity index (χ1) is 9.99. The normalized spacial score (nSPS) is 12.2. The van der Waals surface area contributed by atoms with Gasteiger partial charge in [-0.25, -0.2) is 0 Å². The van der Waals surface area contributed by atoms with Crippen molar-refractivity contribution in [3.63, 3.8) is 0 Å². The predicted octanol–water partition coefficient (Wildman–Crippen LogP) is 5.03. The fraction of sp³-hybridized carbons (Fsp3) is 0.333. The maximum atomic E-state index is 6.33. The molecule has 0 aliphatic heterocycles. The maximum absolute atomic E-state index is 6.33. The highest BCUT2D eigenvalue weighted by atomic mass is 35.5. The van der Waals surface area contributed by atoms with Gasteiger partial charge in [0.05, 0.1) is 0 Å². The van der Waals surface area contributed by atoms with Gasteiger partial charge in [-0.2, -0.15) is 0 Å². The van der Waals surface area contributed by atoms with Gasteiger partial charge in [0, 0.05) is 11.1 Å². The second-order valence-electron chi connectivity index (χ2n) is 5.50. The highest BCUT2D eigenvalue weighted by Crippen LogP contribution is 2.29. The molecule has 2 aromatic carbocycles. The molecule has 0 amide bonds. The molecule has 2 aromatic rings. The summed E-state index contributed by atoms with van der Waals surface area (Å²) in [5, 5.41) is 0.710. The molecule has 0 heterocycles. The van der Waals surface area contributed by atoms with Crippen LogP contribution >= 0.6 is 11.6 Å². The molecule has 112 valence electrons. The predicted molar refractivity (Wildman–Crippen MR) is 89.4 cm³/mol. The lowest BCUT2D eigenvalue weighted by molar-refractivity contribution is 0.478. The monoisotopic (exact) mass is 303 g/mol. The highest BCUT2D eigenvalue weighted by Gasteiger charge is 2.08. The summed E-state index contributed by atoms with van der Waals surface area (Å²) in [6.07, 6.45) is 1.73. The molecule has 0 bridgehead atoms. The van der Waals surface area contributed by atoms with E-state index in [1.54, 1.807) is 0 Å². The number of aryl methyl sites for hydroxylation is 2. The van der Waals surface area contributed by atoms with Crippen molar-refractivity contribution in [3.05, 3.63) is 58.1 Å². The van der Waals surface area contributed by atoms with Crippen LogP contribution in [0.25, 0.3) is 0 Å². The van der Waals surface area contributed by atoms with Crippen LogP contribution in [0.15, 0.2) is 36.4 Å². The second-order valence-corrected chi connectivity index (χ2v) is 5.90. The quantitative estimate of drug-likeness (QED) is 0.841. The summed E-state index contributed by atoms with van der Waals surface area (Å²) < 4.78 is 5.94. The summed E-state index contributed by atoms with van der Waals surface area (Å²) in [6.45, 7) is 6.16. The van der Waals surface area contributed by atoms with E-state index in [9.17, 15) is 0 Å². The Morgan fingerprint density at radius 1 is 1.14 bits per heavy atom. The second kappa shape index (κ2) is 6.97. The van der Waals surface area contributed by atoms with E-state index in [0.29, 0.717) is 5.02 Å². The first kappa shape index (κ1) is 15.9. The molecule has 0 aliphatic carbocycles. The van der Waals surface area contributed by atoms with Crippen molar-refractivity contribution in [2.45, 2.75) is 39.7 Å². The summed E-state index contributed by atoms with van der Waals surface area (Å²) in [7, 11) is 0. The van der Waals surface area contributed by atoms with Crippen LogP contribution in [0.3, 0.4) is 0 Å². The van der Waals surface area contributed by atoms with Gasteiger partial charge in [-0.1, -0.05) is 36.7 Å². The van der Waals surface area contributed by atoms with Gasteiger partial charge in [-0.15, -0.1) is 0 Å². The number of nitrogens with two attached hydrogens (primary N) is 1. The van der Waals surface area contributed by atoms with Crippen LogP contribution < -0.4 is 10.5 Å². The Morgan fingerprint density at radius 3 is 2.57 bits per heavy atom. The minimum atomic E-state index is 0.147. The van der Waals surface area contributed by atoms with E-state index in [1.807, 2.05) is 31.2 Å². The Bertz CT molecular complexity index is 625. The Balaban J connectivity index is 2.18. The largest absolute Gasteiger partial charge is 0.457 e. The lowest BCUT2D eigenvalue weighted by Gasteiger charge is -2.13. The van der Waals surface area contributed by atoms with Gasteiger partial charge in [0.25, 0.3) is 0 Å². The first-order valence-corrected chi connectivity index (χ1v) is 7.66. The zero-order valence-corrected chi connectivity index (χ0v) is 13.6. The molecule has 1 atom stereocenters. The zero-order chi connectivity index (χ0) is 15.4. The third-order valence-electron chi connectivity index (χ3n) is 3.60. The van der Waals surface area contributed by atoms with Crippen LogP contribution in [0.1, 0.15) is 30.0 Å². The van der Waals surface area contributed by atoms with Crippen LogP contribution in [0.4, 0.5) is 0 Å². The molecule has 2 rings (SSSR count). The molecular formula is C18H22ClNO. The molecule has 2 nitrogen and oxygen atoms in total. The van der Waals surface area contributed by atoms with Gasteiger partial charge in [-0.05, 0) is 61.6 Å². The average Bonchev–Trinajstić information content (AvgIpc) is 2.45. The van der Waals surface area contributed by atoms with Gasteiger partial charge in [0.2, 0.25) is 0 Å². The van der Waals surface area contributed by atoms with Crippen LogP contribution in [0.2, 0.25) is 5.02 Å². The van der Waals surface area contributed by atoms with Crippen molar-refractivity contribution in [3.8, 4) is 11.5 Å². The lowest BCUT2D eigenvalue weighted by Crippen LogP contribution is -2.21. The SMILES string of the molecule is CCC(N)Cc1ccc(Oc2cc(C)ccc2C)cc1Cl. The zero-order valence-electron chi connectivity index (χ0n) is 12.8. The molecule has 0 fully saturated rings. The molecule has 0 spiro atoms. The van der Waals surface area contributed by atoms with E-state index in [-0.39, 0.29) is 6.04 Å². The summed E-state index contributed by atoms with van der Waals surface area (Å²) in [5.74, 6) is 1.62. The maximum Gasteiger partial charge on any atom is 0.130 e. The van der Waals surface area contributed by atoms with Gasteiger partial charge in [-0.3, -0.25) is 0 Å². The van der Waals surface area contributed by atoms with E-state index >= 15 is 0 Å². The van der Waals surface area contributed by atoms with E-state index in [4.69, 9.17) is 22.1 Å². The van der Waals surface area contributed by atoms with Crippen LogP contribution in [-0.2, 0) is 6.42 Å². The molecule has 0 aliphatic rings. The summed E-state index contributed by atoms with van der Waals surface area (Å²) in [5.41, 5.74) is 9.33. The topological polar surface area (TPSA) is 35.2 Å². The Labute approximate surface area is 131 Å². The van der Waals surface area contributed by atoms with Crippen molar-refractivity contribution in [1.29, 1.82) is 0 Å². The number of rotatable bonds is 5. The average molecular weight is 304 g/mol. The molecule has 21 heavy (non-hydrogen) atoms. The van der Waals surface area contributed by atoms with Crippen molar-refractivity contribution >= 4 is 11.6 Å². The van der Waals surface area contributed by atoms with Crippen LogP contribution in [0.5, 0.6) is 11.5 Å². The fourth-order valence-corrected chi connectivity index (χ4v) is 2.38. The molecule has 0 saturated carbocycles. The van der Waals surface area contributed by atoms with E-state index in [2.05, 4.69) is 26.0 Å². The minimum absolute atomic E-state index is 0.147. The van der Waals surface area contributed by atoms with Crippen molar-refractivity contribution < 1.29 is 4.74 Å². The van der Waals surface area contributed by atoms with Crippen LogP contribution in [0, 0.1) is 13.8 Å². The summed E-state index contributed by atoms with van der Waals surface area (Å²) >= 11 is 6.33. The van der Waals surface area contributed by atoms with Gasteiger partial charge >= 0.3 is 0 Å². The molecule has 0 saturated heterocycles. The van der Waals surface area contributed by atoms with Gasteiger partial charge in [0.1, 0.15) is 11.5 Å². The number of hydrogen-bond acceptors (Lipinski definition) is 2. The first-order valence-electron chi connectivity index (χ1n) is 7.28. The van der Waals surface area contributed by atoms with E-state index in [1.165, 1.54) is 5.56 Å². The molecular weight excluding hydrogens is 282 g/mol. The summed E-state index contributed by atoms with van der Waals surface area (Å²) in [4.78, 5) is 0.